The second-order valence-corrected chi connectivity index (χ2v) is 8.80. The summed E-state index contributed by atoms with van der Waals surface area (Å²) >= 11 is 12.7. The van der Waals surface area contributed by atoms with E-state index in [9.17, 15) is 9.59 Å². The highest BCUT2D eigenvalue weighted by molar-refractivity contribution is 6.36. The van der Waals surface area contributed by atoms with Crippen LogP contribution in [0.2, 0.25) is 10.0 Å². The van der Waals surface area contributed by atoms with E-state index in [4.69, 9.17) is 27.9 Å². The number of halogens is 2. The highest BCUT2D eigenvalue weighted by atomic mass is 35.5. The molecule has 2 unspecified atom stereocenters. The molecule has 0 aliphatic carbocycles. The first-order chi connectivity index (χ1) is 15.2. The topological polar surface area (TPSA) is 58.6 Å². The molecule has 1 N–H and O–H groups in total. The van der Waals surface area contributed by atoms with Gasteiger partial charge in [0.25, 0.3) is 0 Å². The van der Waals surface area contributed by atoms with Crippen molar-refractivity contribution in [1.82, 2.24) is 10.2 Å². The zero-order valence-corrected chi connectivity index (χ0v) is 20.7. The summed E-state index contributed by atoms with van der Waals surface area (Å²) in [6, 6.07) is 12.3. The molecule has 0 bridgehead atoms. The van der Waals surface area contributed by atoms with Crippen molar-refractivity contribution < 1.29 is 14.3 Å². The van der Waals surface area contributed by atoms with Crippen LogP contribution in [0.5, 0.6) is 5.75 Å². The van der Waals surface area contributed by atoms with E-state index in [1.54, 1.807) is 25.1 Å². The van der Waals surface area contributed by atoms with Crippen molar-refractivity contribution in [2.75, 3.05) is 6.61 Å². The van der Waals surface area contributed by atoms with Crippen LogP contribution in [0.4, 0.5) is 0 Å². The van der Waals surface area contributed by atoms with Crippen molar-refractivity contribution in [3.05, 3.63) is 63.6 Å². The van der Waals surface area contributed by atoms with Gasteiger partial charge >= 0.3 is 0 Å². The van der Waals surface area contributed by atoms with Gasteiger partial charge in [0.05, 0.1) is 6.61 Å². The molecule has 5 nitrogen and oxygen atoms in total. The minimum atomic E-state index is -0.665. The summed E-state index contributed by atoms with van der Waals surface area (Å²) in [5.41, 5.74) is 1.79. The third-order valence-corrected chi connectivity index (χ3v) is 6.09. The van der Waals surface area contributed by atoms with E-state index < -0.39 is 6.04 Å². The zero-order chi connectivity index (χ0) is 23.7. The lowest BCUT2D eigenvalue weighted by molar-refractivity contribution is -0.141. The molecule has 0 spiro atoms. The number of carbonyl (C=O) groups excluding carboxylic acids is 2. The molecule has 0 heterocycles. The molecule has 0 saturated carbocycles. The summed E-state index contributed by atoms with van der Waals surface area (Å²) in [5, 5.41) is 3.88. The quantitative estimate of drug-likeness (QED) is 0.415. The molecule has 0 fully saturated rings. The molecule has 2 rings (SSSR count). The largest absolute Gasteiger partial charge is 0.494 e. The Balaban J connectivity index is 2.07. The van der Waals surface area contributed by atoms with E-state index >= 15 is 0 Å². The van der Waals surface area contributed by atoms with Crippen LogP contribution in [0.15, 0.2) is 42.5 Å². The lowest BCUT2D eigenvalue weighted by atomic mass is 10.1. The standard InChI is InChI=1S/C25H32Cl2N2O3/c1-5-18(3)28-25(31)19(4)29(16-21-22(26)8-6-9-23(21)27)24(30)10-7-15-32-20-13-11-17(2)12-14-20/h6,8-9,11-14,18-19H,5,7,10,15-16H2,1-4H3,(H,28,31). The lowest BCUT2D eigenvalue weighted by Crippen LogP contribution is -2.49. The molecule has 2 aromatic rings. The maximum atomic E-state index is 13.1. The number of ether oxygens (including phenoxy) is 1. The molecule has 0 aromatic heterocycles. The monoisotopic (exact) mass is 478 g/mol. The van der Waals surface area contributed by atoms with Gasteiger partial charge in [0.2, 0.25) is 11.8 Å². The van der Waals surface area contributed by atoms with Gasteiger partial charge in [0.1, 0.15) is 11.8 Å². The Morgan fingerprint density at radius 2 is 1.69 bits per heavy atom. The number of amides is 2. The van der Waals surface area contributed by atoms with Gasteiger partial charge < -0.3 is 15.0 Å². The van der Waals surface area contributed by atoms with Crippen molar-refractivity contribution in [2.45, 2.75) is 65.6 Å². The van der Waals surface area contributed by atoms with Crippen LogP contribution < -0.4 is 10.1 Å². The first-order valence-electron chi connectivity index (χ1n) is 10.9. The molecule has 0 aliphatic rings. The van der Waals surface area contributed by atoms with E-state index in [2.05, 4.69) is 5.32 Å². The zero-order valence-electron chi connectivity index (χ0n) is 19.2. The highest BCUT2D eigenvalue weighted by Crippen LogP contribution is 2.27. The van der Waals surface area contributed by atoms with E-state index in [0.29, 0.717) is 28.6 Å². The number of aryl methyl sites for hydroxylation is 1. The maximum Gasteiger partial charge on any atom is 0.242 e. The van der Waals surface area contributed by atoms with Crippen molar-refractivity contribution in [3.8, 4) is 5.75 Å². The van der Waals surface area contributed by atoms with E-state index in [1.807, 2.05) is 45.0 Å². The third kappa shape index (κ3) is 7.72. The smallest absolute Gasteiger partial charge is 0.242 e. The van der Waals surface area contributed by atoms with E-state index in [1.165, 1.54) is 4.90 Å². The molecule has 0 radical (unpaired) electrons. The summed E-state index contributed by atoms with van der Waals surface area (Å²) in [7, 11) is 0. The van der Waals surface area contributed by atoms with E-state index in [0.717, 1.165) is 17.7 Å². The Kier molecular flexibility index (Phi) is 10.3. The number of rotatable bonds is 11. The van der Waals surface area contributed by atoms with Gasteiger partial charge in [0.15, 0.2) is 0 Å². The first kappa shape index (κ1) is 26.0. The lowest BCUT2D eigenvalue weighted by Gasteiger charge is -2.30. The van der Waals surface area contributed by atoms with Gasteiger partial charge in [-0.3, -0.25) is 9.59 Å². The van der Waals surface area contributed by atoms with Gasteiger partial charge in [-0.1, -0.05) is 53.9 Å². The summed E-state index contributed by atoms with van der Waals surface area (Å²) in [4.78, 5) is 27.4. The van der Waals surface area contributed by atoms with Crippen molar-refractivity contribution in [2.24, 2.45) is 0 Å². The number of benzene rings is 2. The Labute approximate surface area is 201 Å². The number of hydrogen-bond acceptors (Lipinski definition) is 3. The van der Waals surface area contributed by atoms with Crippen LogP contribution in [0.1, 0.15) is 51.2 Å². The second kappa shape index (κ2) is 12.7. The summed E-state index contributed by atoms with van der Waals surface area (Å²) in [6.07, 6.45) is 1.58. The molecule has 2 aromatic carbocycles. The molecule has 0 aliphatic heterocycles. The second-order valence-electron chi connectivity index (χ2n) is 7.98. The molecule has 7 heteroatoms. The Bertz CT molecular complexity index is 882. The Morgan fingerprint density at radius 1 is 1.06 bits per heavy atom. The molecule has 2 atom stereocenters. The number of carbonyl (C=O) groups is 2. The van der Waals surface area contributed by atoms with Crippen LogP contribution in [0, 0.1) is 6.92 Å². The maximum absolute atomic E-state index is 13.1. The molecule has 32 heavy (non-hydrogen) atoms. The van der Waals surface area contributed by atoms with Gasteiger partial charge in [-0.2, -0.15) is 0 Å². The van der Waals surface area contributed by atoms with Crippen molar-refractivity contribution in [1.29, 1.82) is 0 Å². The number of nitrogens with one attached hydrogen (secondary N) is 1. The number of hydrogen-bond donors (Lipinski definition) is 1. The predicted octanol–water partition coefficient (Wildman–Crippen LogP) is 5.79. The summed E-state index contributed by atoms with van der Waals surface area (Å²) in [6.45, 7) is 8.23. The molecule has 2 amide bonds. The minimum absolute atomic E-state index is 0.0220. The van der Waals surface area contributed by atoms with Crippen molar-refractivity contribution in [3.63, 3.8) is 0 Å². The van der Waals surface area contributed by atoms with Crippen LogP contribution in [-0.4, -0.2) is 35.4 Å². The van der Waals surface area contributed by atoms with Gasteiger partial charge in [-0.25, -0.2) is 0 Å². The number of nitrogens with zero attached hydrogens (tertiary/aromatic N) is 1. The first-order valence-corrected chi connectivity index (χ1v) is 11.7. The molecular weight excluding hydrogens is 447 g/mol. The van der Waals surface area contributed by atoms with Gasteiger partial charge in [-0.15, -0.1) is 0 Å². The fourth-order valence-electron chi connectivity index (χ4n) is 3.09. The average molecular weight is 479 g/mol. The molecule has 0 saturated heterocycles. The van der Waals surface area contributed by atoms with Gasteiger partial charge in [-0.05, 0) is 57.9 Å². The highest BCUT2D eigenvalue weighted by Gasteiger charge is 2.27. The average Bonchev–Trinajstić information content (AvgIpc) is 2.77. The van der Waals surface area contributed by atoms with Crippen LogP contribution in [0.25, 0.3) is 0 Å². The summed E-state index contributed by atoms with van der Waals surface area (Å²) in [5.74, 6) is 0.413. The van der Waals surface area contributed by atoms with Gasteiger partial charge in [0, 0.05) is 34.6 Å². The Hall–Kier alpha value is -2.24. The van der Waals surface area contributed by atoms with Crippen LogP contribution in [-0.2, 0) is 16.1 Å². The predicted molar refractivity (Wildman–Crippen MR) is 130 cm³/mol. The molecule has 174 valence electrons. The minimum Gasteiger partial charge on any atom is -0.494 e. The van der Waals surface area contributed by atoms with Crippen LogP contribution >= 0.6 is 23.2 Å². The Morgan fingerprint density at radius 3 is 2.28 bits per heavy atom. The fourth-order valence-corrected chi connectivity index (χ4v) is 3.61. The summed E-state index contributed by atoms with van der Waals surface area (Å²) < 4.78 is 5.73. The molecular formula is C25H32Cl2N2O3. The van der Waals surface area contributed by atoms with Crippen molar-refractivity contribution >= 4 is 35.0 Å². The fraction of sp³-hybridized carbons (Fsp3) is 0.440. The third-order valence-electron chi connectivity index (χ3n) is 5.38. The normalized spacial score (nSPS) is 12.7. The SMILES string of the molecule is CCC(C)NC(=O)C(C)N(Cc1c(Cl)cccc1Cl)C(=O)CCCOc1ccc(C)cc1. The van der Waals surface area contributed by atoms with Crippen LogP contribution in [0.3, 0.4) is 0 Å². The van der Waals surface area contributed by atoms with E-state index in [-0.39, 0.29) is 30.8 Å².